The first-order chi connectivity index (χ1) is 13.7. The lowest BCUT2D eigenvalue weighted by Crippen LogP contribution is -2.34. The number of aliphatic hydroxyl groups excluding tert-OH is 1. The van der Waals surface area contributed by atoms with Gasteiger partial charge < -0.3 is 15.2 Å². The molecule has 4 heteroatoms. The van der Waals surface area contributed by atoms with E-state index in [9.17, 15) is 5.11 Å². The summed E-state index contributed by atoms with van der Waals surface area (Å²) in [6.07, 6.45) is 0.271. The number of hydrogen-bond acceptors (Lipinski definition) is 3. The molecule has 0 fully saturated rings. The van der Waals surface area contributed by atoms with Crippen molar-refractivity contribution in [1.29, 1.82) is 0 Å². The minimum absolute atomic E-state index is 0.0428. The van der Waals surface area contributed by atoms with Gasteiger partial charge in [-0.05, 0) is 50.1 Å². The number of benzene rings is 3. The monoisotopic (exact) mass is 393 g/mol. The van der Waals surface area contributed by atoms with Crippen LogP contribution in [0.25, 0.3) is 0 Å². The maximum absolute atomic E-state index is 10.7. The Morgan fingerprint density at radius 3 is 2.04 bits per heavy atom. The first-order valence-corrected chi connectivity index (χ1v) is 11.2. The highest BCUT2D eigenvalue weighted by Gasteiger charge is 2.19. The predicted octanol–water partition coefficient (Wildman–Crippen LogP) is 4.19. The van der Waals surface area contributed by atoms with Crippen molar-refractivity contribution in [3.63, 3.8) is 0 Å². The molecule has 0 spiro atoms. The van der Waals surface area contributed by atoms with Crippen LogP contribution in [0.5, 0.6) is 5.75 Å². The van der Waals surface area contributed by atoms with Crippen LogP contribution in [0.3, 0.4) is 0 Å². The molecule has 0 saturated heterocycles. The van der Waals surface area contributed by atoms with Crippen LogP contribution in [0.1, 0.15) is 25.5 Å². The summed E-state index contributed by atoms with van der Waals surface area (Å²) >= 11 is 0. The molecule has 2 N–H and O–H groups in total. The van der Waals surface area contributed by atoms with Crippen molar-refractivity contribution in [2.24, 2.45) is 0 Å². The third-order valence-corrected chi connectivity index (χ3v) is 7.06. The van der Waals surface area contributed by atoms with Gasteiger partial charge in [0.2, 0.25) is 0 Å². The Bertz CT molecular complexity index is 824. The Labute approximate surface area is 169 Å². The molecular weight excluding hydrogens is 365 g/mol. The lowest BCUT2D eigenvalue weighted by molar-refractivity contribution is 0.139. The van der Waals surface area contributed by atoms with Gasteiger partial charge in [-0.1, -0.05) is 72.8 Å². The van der Waals surface area contributed by atoms with Crippen LogP contribution in [-0.2, 0) is 0 Å². The van der Waals surface area contributed by atoms with Crippen molar-refractivity contribution in [3.05, 3.63) is 90.5 Å². The summed E-state index contributed by atoms with van der Waals surface area (Å²) < 4.78 is 5.58. The van der Waals surface area contributed by atoms with Crippen LogP contribution >= 0.6 is 7.92 Å². The Balaban J connectivity index is 1.74. The molecule has 0 heterocycles. The maximum Gasteiger partial charge on any atom is 0.119 e. The average Bonchev–Trinajstić information content (AvgIpc) is 2.76. The van der Waals surface area contributed by atoms with Gasteiger partial charge in [0, 0.05) is 12.3 Å². The molecule has 146 valence electrons. The molecule has 0 aliphatic heterocycles. The van der Waals surface area contributed by atoms with Gasteiger partial charge >= 0.3 is 0 Å². The summed E-state index contributed by atoms with van der Waals surface area (Å²) in [4.78, 5) is 0. The smallest absolute Gasteiger partial charge is 0.119 e. The molecule has 0 aliphatic carbocycles. The average molecular weight is 393 g/mol. The minimum atomic E-state index is -0.576. The third-order valence-electron chi connectivity index (χ3n) is 4.71. The third kappa shape index (κ3) is 5.42. The molecule has 2 unspecified atom stereocenters. The molecule has 3 aromatic rings. The van der Waals surface area contributed by atoms with E-state index >= 15 is 0 Å². The highest BCUT2D eigenvalue weighted by atomic mass is 31.1. The molecule has 0 aromatic heterocycles. The van der Waals surface area contributed by atoms with Crippen LogP contribution in [0, 0.1) is 0 Å². The van der Waals surface area contributed by atoms with Crippen LogP contribution in [0.2, 0.25) is 0 Å². The fraction of sp³-hybridized carbons (Fsp3) is 0.250. The van der Waals surface area contributed by atoms with Gasteiger partial charge in [-0.2, -0.15) is 0 Å². The summed E-state index contributed by atoms with van der Waals surface area (Å²) in [5.74, 6) is 0.898. The molecule has 28 heavy (non-hydrogen) atoms. The lowest BCUT2D eigenvalue weighted by Gasteiger charge is -2.25. The molecule has 0 saturated carbocycles. The van der Waals surface area contributed by atoms with Crippen molar-refractivity contribution < 1.29 is 9.84 Å². The van der Waals surface area contributed by atoms with Crippen LogP contribution in [0.15, 0.2) is 84.9 Å². The second-order valence-electron chi connectivity index (χ2n) is 6.70. The summed E-state index contributed by atoms with van der Waals surface area (Å²) in [6, 6.07) is 28.8. The fourth-order valence-electron chi connectivity index (χ4n) is 3.11. The summed E-state index contributed by atoms with van der Waals surface area (Å²) in [5.41, 5.74) is 0.938. The largest absolute Gasteiger partial charge is 0.494 e. The van der Waals surface area contributed by atoms with Gasteiger partial charge in [0.05, 0.1) is 12.7 Å². The standard InChI is InChI=1S/C24H28NO2P/c1-3-27-21-14-16-23(17-15-21)28(22-12-8-5-9-13-22)18-25-19(2)24(26)20-10-6-4-7-11-20/h4-17,19,24-26H,3,18H2,1-2H3/t19-,24?,28?/m0/s1. The van der Waals surface area contributed by atoms with E-state index in [-0.39, 0.29) is 6.04 Å². The molecular formula is C24H28NO2P. The van der Waals surface area contributed by atoms with Crippen molar-refractivity contribution in [1.82, 2.24) is 5.32 Å². The lowest BCUT2D eigenvalue weighted by atomic mass is 10.0. The Morgan fingerprint density at radius 2 is 1.43 bits per heavy atom. The van der Waals surface area contributed by atoms with E-state index < -0.39 is 14.0 Å². The van der Waals surface area contributed by atoms with Gasteiger partial charge in [0.15, 0.2) is 0 Å². The molecule has 3 nitrogen and oxygen atoms in total. The Kier molecular flexibility index (Phi) is 7.62. The van der Waals surface area contributed by atoms with Crippen molar-refractivity contribution in [3.8, 4) is 5.75 Å². The van der Waals surface area contributed by atoms with Gasteiger partial charge in [-0.15, -0.1) is 0 Å². The molecule has 0 aliphatic rings. The van der Waals surface area contributed by atoms with Crippen LogP contribution in [0.4, 0.5) is 0 Å². The summed E-state index contributed by atoms with van der Waals surface area (Å²) in [5, 5.41) is 16.8. The van der Waals surface area contributed by atoms with Crippen molar-refractivity contribution in [2.45, 2.75) is 26.0 Å². The van der Waals surface area contributed by atoms with Gasteiger partial charge in [0.1, 0.15) is 5.75 Å². The maximum atomic E-state index is 10.7. The second kappa shape index (κ2) is 10.4. The quantitative estimate of drug-likeness (QED) is 0.536. The fourth-order valence-corrected chi connectivity index (χ4v) is 5.29. The first kappa shape index (κ1) is 20.5. The van der Waals surface area contributed by atoms with E-state index in [1.807, 2.05) is 62.4 Å². The molecule has 3 rings (SSSR count). The molecule has 3 aromatic carbocycles. The van der Waals surface area contributed by atoms with Gasteiger partial charge in [0.25, 0.3) is 0 Å². The van der Waals surface area contributed by atoms with Crippen LogP contribution in [-0.4, -0.2) is 24.0 Å². The highest BCUT2D eigenvalue weighted by Crippen LogP contribution is 2.33. The van der Waals surface area contributed by atoms with Gasteiger partial charge in [-0.25, -0.2) is 0 Å². The van der Waals surface area contributed by atoms with E-state index in [0.29, 0.717) is 6.61 Å². The van der Waals surface area contributed by atoms with E-state index in [2.05, 4.69) is 41.7 Å². The molecule has 3 atom stereocenters. The highest BCUT2D eigenvalue weighted by molar-refractivity contribution is 7.72. The Hall–Kier alpha value is -2.19. The Morgan fingerprint density at radius 1 is 0.857 bits per heavy atom. The molecule has 0 bridgehead atoms. The van der Waals surface area contributed by atoms with Crippen molar-refractivity contribution in [2.75, 3.05) is 12.9 Å². The first-order valence-electron chi connectivity index (χ1n) is 9.71. The van der Waals surface area contributed by atoms with E-state index in [1.54, 1.807) is 0 Å². The number of nitrogens with one attached hydrogen (secondary N) is 1. The summed E-state index contributed by atoms with van der Waals surface area (Å²) in [6.45, 7) is 4.70. The molecule has 0 amide bonds. The minimum Gasteiger partial charge on any atom is -0.494 e. The summed E-state index contributed by atoms with van der Waals surface area (Å²) in [7, 11) is -0.576. The molecule has 0 radical (unpaired) electrons. The van der Waals surface area contributed by atoms with E-state index in [0.717, 1.165) is 17.6 Å². The number of rotatable bonds is 9. The normalized spacial score (nSPS) is 14.2. The van der Waals surface area contributed by atoms with Crippen molar-refractivity contribution >= 4 is 18.5 Å². The zero-order valence-electron chi connectivity index (χ0n) is 16.5. The zero-order valence-corrected chi connectivity index (χ0v) is 17.3. The predicted molar refractivity (Wildman–Crippen MR) is 119 cm³/mol. The zero-order chi connectivity index (χ0) is 19.8. The second-order valence-corrected chi connectivity index (χ2v) is 8.90. The SMILES string of the molecule is CCOc1ccc(P(CN[C@@H](C)C(O)c2ccccc2)c2ccccc2)cc1. The van der Waals surface area contributed by atoms with Crippen LogP contribution < -0.4 is 20.7 Å². The number of hydrogen-bond donors (Lipinski definition) is 2. The van der Waals surface area contributed by atoms with Gasteiger partial charge in [-0.3, -0.25) is 0 Å². The van der Waals surface area contributed by atoms with E-state index in [4.69, 9.17) is 4.74 Å². The topological polar surface area (TPSA) is 41.5 Å². The van der Waals surface area contributed by atoms with E-state index in [1.165, 1.54) is 10.6 Å². The number of ether oxygens (including phenoxy) is 1. The number of aliphatic hydroxyl groups is 1.